The van der Waals surface area contributed by atoms with Crippen LogP contribution in [0.3, 0.4) is 0 Å². The Labute approximate surface area is 151 Å². The van der Waals surface area contributed by atoms with Crippen molar-refractivity contribution in [2.45, 2.75) is 25.8 Å². The molecule has 1 aromatic carbocycles. The summed E-state index contributed by atoms with van der Waals surface area (Å²) < 4.78 is 10.5. The third-order valence-electron chi connectivity index (χ3n) is 3.26. The molecule has 0 saturated heterocycles. The maximum absolute atomic E-state index is 11.8. The second-order valence-electron chi connectivity index (χ2n) is 5.17. The zero-order valence-corrected chi connectivity index (χ0v) is 15.5. The number of halogens is 1. The Bertz CT molecular complexity index is 676. The van der Waals surface area contributed by atoms with Crippen molar-refractivity contribution < 1.29 is 14.3 Å². The number of nitrogens with zero attached hydrogens (tertiary/aromatic N) is 1. The topological polar surface area (TPSA) is 86.5 Å². The monoisotopic (exact) mass is 371 g/mol. The maximum atomic E-state index is 11.8. The molecular weight excluding hydrogens is 350 g/mol. The molecular formula is C16H22ClN3O3S. The fourth-order valence-corrected chi connectivity index (χ4v) is 2.74. The number of nitrogens with two attached hydrogens (primary N) is 1. The highest BCUT2D eigenvalue weighted by atomic mass is 35.5. The number of carbonyl (C=O) groups is 1. The maximum Gasteiger partial charge on any atom is 0.226 e. The molecule has 8 heteroatoms. The van der Waals surface area contributed by atoms with Crippen LogP contribution in [0.4, 0.5) is 5.13 Å². The Morgan fingerprint density at radius 1 is 1.33 bits per heavy atom. The van der Waals surface area contributed by atoms with E-state index in [1.807, 2.05) is 30.5 Å². The summed E-state index contributed by atoms with van der Waals surface area (Å²) in [5.74, 6) is 1.23. The molecule has 1 atom stereocenters. The third kappa shape index (κ3) is 5.36. The van der Waals surface area contributed by atoms with Crippen molar-refractivity contribution in [3.8, 4) is 22.8 Å². The van der Waals surface area contributed by atoms with E-state index in [1.54, 1.807) is 14.2 Å². The van der Waals surface area contributed by atoms with Gasteiger partial charge in [-0.3, -0.25) is 4.79 Å². The van der Waals surface area contributed by atoms with E-state index in [0.717, 1.165) is 11.3 Å². The summed E-state index contributed by atoms with van der Waals surface area (Å²) in [6.07, 6.45) is 1.04. The van der Waals surface area contributed by atoms with Crippen molar-refractivity contribution in [3.63, 3.8) is 0 Å². The minimum Gasteiger partial charge on any atom is -0.493 e. The summed E-state index contributed by atoms with van der Waals surface area (Å²) in [6, 6.07) is 5.60. The summed E-state index contributed by atoms with van der Waals surface area (Å²) in [6.45, 7) is 1.88. The lowest BCUT2D eigenvalue weighted by Crippen LogP contribution is -2.19. The van der Waals surface area contributed by atoms with Gasteiger partial charge in [0, 0.05) is 23.4 Å². The van der Waals surface area contributed by atoms with Gasteiger partial charge in [-0.25, -0.2) is 4.98 Å². The van der Waals surface area contributed by atoms with Crippen LogP contribution in [0.5, 0.6) is 11.5 Å². The Hall–Kier alpha value is -1.83. The van der Waals surface area contributed by atoms with Crippen LogP contribution in [0.15, 0.2) is 23.6 Å². The number of ether oxygens (including phenoxy) is 2. The van der Waals surface area contributed by atoms with E-state index in [9.17, 15) is 4.79 Å². The highest BCUT2D eigenvalue weighted by molar-refractivity contribution is 7.14. The lowest BCUT2D eigenvalue weighted by atomic mass is 10.1. The van der Waals surface area contributed by atoms with Gasteiger partial charge < -0.3 is 20.5 Å². The molecule has 0 aliphatic rings. The van der Waals surface area contributed by atoms with E-state index in [2.05, 4.69) is 10.3 Å². The molecule has 1 heterocycles. The zero-order chi connectivity index (χ0) is 16.8. The normalized spacial score (nSPS) is 11.3. The molecule has 0 fully saturated rings. The minimum atomic E-state index is -0.0736. The Morgan fingerprint density at radius 3 is 2.67 bits per heavy atom. The molecule has 3 N–H and O–H groups in total. The number of aromatic nitrogens is 1. The molecule has 132 valence electrons. The molecule has 1 unspecified atom stereocenters. The summed E-state index contributed by atoms with van der Waals surface area (Å²) >= 11 is 1.38. The highest BCUT2D eigenvalue weighted by Gasteiger charge is 2.11. The molecule has 24 heavy (non-hydrogen) atoms. The van der Waals surface area contributed by atoms with Gasteiger partial charge in [0.05, 0.1) is 19.9 Å². The Kier molecular flexibility index (Phi) is 7.97. The van der Waals surface area contributed by atoms with Gasteiger partial charge in [0.2, 0.25) is 5.91 Å². The SMILES string of the molecule is COc1ccc(-c2csc(NC(=O)CCC(C)N)n2)cc1OC.Cl. The van der Waals surface area contributed by atoms with Crippen molar-refractivity contribution in [1.29, 1.82) is 0 Å². The summed E-state index contributed by atoms with van der Waals surface area (Å²) in [4.78, 5) is 16.2. The van der Waals surface area contributed by atoms with Gasteiger partial charge in [0.15, 0.2) is 16.6 Å². The summed E-state index contributed by atoms with van der Waals surface area (Å²) in [7, 11) is 3.18. The van der Waals surface area contributed by atoms with Crippen LogP contribution in [-0.4, -0.2) is 31.2 Å². The van der Waals surface area contributed by atoms with Gasteiger partial charge in [-0.15, -0.1) is 23.7 Å². The average Bonchev–Trinajstić information content (AvgIpc) is 3.00. The predicted molar refractivity (Wildman–Crippen MR) is 99.4 cm³/mol. The number of thiazole rings is 1. The van der Waals surface area contributed by atoms with E-state index in [0.29, 0.717) is 29.5 Å². The van der Waals surface area contributed by atoms with Crippen LogP contribution >= 0.6 is 23.7 Å². The van der Waals surface area contributed by atoms with Crippen molar-refractivity contribution in [1.82, 2.24) is 4.98 Å². The lowest BCUT2D eigenvalue weighted by Gasteiger charge is -2.08. The molecule has 1 aromatic heterocycles. The molecule has 2 rings (SSSR count). The van der Waals surface area contributed by atoms with Gasteiger partial charge in [-0.2, -0.15) is 0 Å². The predicted octanol–water partition coefficient (Wildman–Crippen LogP) is 3.32. The highest BCUT2D eigenvalue weighted by Crippen LogP contribution is 2.33. The smallest absolute Gasteiger partial charge is 0.226 e. The fourth-order valence-electron chi connectivity index (χ4n) is 2.00. The van der Waals surface area contributed by atoms with E-state index >= 15 is 0 Å². The number of carbonyl (C=O) groups excluding carboxylic acids is 1. The number of rotatable bonds is 7. The largest absolute Gasteiger partial charge is 0.493 e. The number of benzene rings is 1. The molecule has 2 aromatic rings. The van der Waals surface area contributed by atoms with Crippen molar-refractivity contribution in [2.24, 2.45) is 5.73 Å². The van der Waals surface area contributed by atoms with E-state index in [1.165, 1.54) is 11.3 Å². The molecule has 0 saturated carbocycles. The van der Waals surface area contributed by atoms with E-state index in [-0.39, 0.29) is 24.4 Å². The second kappa shape index (κ2) is 9.46. The lowest BCUT2D eigenvalue weighted by molar-refractivity contribution is -0.116. The molecule has 6 nitrogen and oxygen atoms in total. The summed E-state index contributed by atoms with van der Waals surface area (Å²) in [5, 5.41) is 5.26. The zero-order valence-electron chi connectivity index (χ0n) is 13.9. The van der Waals surface area contributed by atoms with E-state index in [4.69, 9.17) is 15.2 Å². The van der Waals surface area contributed by atoms with Gasteiger partial charge in [0.1, 0.15) is 0 Å². The van der Waals surface area contributed by atoms with Gasteiger partial charge >= 0.3 is 0 Å². The van der Waals surface area contributed by atoms with Crippen LogP contribution in [0.1, 0.15) is 19.8 Å². The first-order valence-electron chi connectivity index (χ1n) is 7.27. The first kappa shape index (κ1) is 20.2. The fraction of sp³-hybridized carbons (Fsp3) is 0.375. The third-order valence-corrected chi connectivity index (χ3v) is 4.01. The number of anilines is 1. The van der Waals surface area contributed by atoms with E-state index < -0.39 is 0 Å². The van der Waals surface area contributed by atoms with Crippen molar-refractivity contribution >= 4 is 34.8 Å². The number of hydrogen-bond donors (Lipinski definition) is 2. The number of methoxy groups -OCH3 is 2. The Balaban J connectivity index is 0.00000288. The van der Waals surface area contributed by atoms with Crippen LogP contribution in [-0.2, 0) is 4.79 Å². The first-order valence-corrected chi connectivity index (χ1v) is 8.14. The van der Waals surface area contributed by atoms with Crippen molar-refractivity contribution in [2.75, 3.05) is 19.5 Å². The number of amides is 1. The molecule has 0 bridgehead atoms. The van der Waals surface area contributed by atoms with Gasteiger partial charge in [-0.1, -0.05) is 0 Å². The molecule has 0 radical (unpaired) electrons. The van der Waals surface area contributed by atoms with Crippen LogP contribution < -0.4 is 20.5 Å². The second-order valence-corrected chi connectivity index (χ2v) is 6.03. The molecule has 0 aliphatic carbocycles. The molecule has 0 spiro atoms. The van der Waals surface area contributed by atoms with Gasteiger partial charge in [0.25, 0.3) is 0 Å². The standard InChI is InChI=1S/C16H21N3O3S.ClH/c1-10(17)4-7-15(20)19-16-18-12(9-23-16)11-5-6-13(21-2)14(8-11)22-3;/h5-6,8-10H,4,7,17H2,1-3H3,(H,18,19,20);1H. The number of nitrogens with one attached hydrogen (secondary N) is 1. The molecule has 1 amide bonds. The Morgan fingerprint density at radius 2 is 2.04 bits per heavy atom. The van der Waals surface area contributed by atoms with Gasteiger partial charge in [-0.05, 0) is 31.5 Å². The molecule has 0 aliphatic heterocycles. The van der Waals surface area contributed by atoms with Crippen LogP contribution in [0.25, 0.3) is 11.3 Å². The van der Waals surface area contributed by atoms with Crippen LogP contribution in [0.2, 0.25) is 0 Å². The van der Waals surface area contributed by atoms with Crippen molar-refractivity contribution in [3.05, 3.63) is 23.6 Å². The number of hydrogen-bond acceptors (Lipinski definition) is 6. The first-order chi connectivity index (χ1) is 11.0. The quantitative estimate of drug-likeness (QED) is 0.779. The minimum absolute atomic E-state index is 0. The van der Waals surface area contributed by atoms with Crippen LogP contribution in [0, 0.1) is 0 Å². The average molecular weight is 372 g/mol. The summed E-state index contributed by atoms with van der Waals surface area (Å²) in [5.41, 5.74) is 7.32.